The van der Waals surface area contributed by atoms with E-state index in [1.807, 2.05) is 43.3 Å². The second-order valence-corrected chi connectivity index (χ2v) is 12.6. The van der Waals surface area contributed by atoms with Crippen molar-refractivity contribution in [2.24, 2.45) is 5.92 Å². The van der Waals surface area contributed by atoms with Crippen molar-refractivity contribution in [2.75, 3.05) is 26.2 Å². The first-order chi connectivity index (χ1) is 22.9. The van der Waals surface area contributed by atoms with Crippen LogP contribution in [0.4, 0.5) is 14.4 Å². The third-order valence-corrected chi connectivity index (χ3v) is 7.33. The number of benzene rings is 2. The first-order valence-corrected chi connectivity index (χ1v) is 16.3. The number of rotatable bonds is 13. The Morgan fingerprint density at radius 3 is 2.02 bits per heavy atom. The summed E-state index contributed by atoms with van der Waals surface area (Å²) in [5.41, 5.74) is 3.32. The van der Waals surface area contributed by atoms with Crippen molar-refractivity contribution < 1.29 is 42.9 Å². The summed E-state index contributed by atoms with van der Waals surface area (Å²) >= 11 is 0. The van der Waals surface area contributed by atoms with E-state index < -0.39 is 48.2 Å². The Labute approximate surface area is 282 Å². The molecule has 0 radical (unpaired) electrons. The molecule has 1 saturated heterocycles. The molecule has 0 aliphatic carbocycles. The van der Waals surface area contributed by atoms with E-state index in [4.69, 9.17) is 18.9 Å². The molecule has 0 spiro atoms. The number of nitrogens with zero attached hydrogens (tertiary/aromatic N) is 2. The highest BCUT2D eigenvalue weighted by Gasteiger charge is 2.33. The fraction of sp³-hybridized carbons (Fsp3) is 0.514. The lowest BCUT2D eigenvalue weighted by atomic mass is 9.97. The van der Waals surface area contributed by atoms with Gasteiger partial charge < -0.3 is 29.2 Å². The quantitative estimate of drug-likeness (QED) is 0.125. The molecular formula is C35H48N4O9. The zero-order chi connectivity index (χ0) is 34.9. The summed E-state index contributed by atoms with van der Waals surface area (Å²) in [6.45, 7) is 8.18. The second kappa shape index (κ2) is 19.1. The molecule has 2 N–H and O–H groups in total. The van der Waals surface area contributed by atoms with Gasteiger partial charge in [-0.3, -0.25) is 15.0 Å². The summed E-state index contributed by atoms with van der Waals surface area (Å²) < 4.78 is 21.5. The number of piperidine rings is 1. The number of esters is 1. The van der Waals surface area contributed by atoms with E-state index in [0.717, 1.165) is 22.6 Å². The number of alkyl carbamates (subject to hydrolysis) is 1. The van der Waals surface area contributed by atoms with Gasteiger partial charge >= 0.3 is 24.2 Å². The highest BCUT2D eigenvalue weighted by Crippen LogP contribution is 2.20. The van der Waals surface area contributed by atoms with Crippen molar-refractivity contribution in [2.45, 2.75) is 84.7 Å². The third kappa shape index (κ3) is 13.9. The Kier molecular flexibility index (Phi) is 15.0. The number of nitrogens with one attached hydrogen (secondary N) is 2. The van der Waals surface area contributed by atoms with Gasteiger partial charge in [0.1, 0.15) is 24.9 Å². The van der Waals surface area contributed by atoms with Crippen molar-refractivity contribution in [3.05, 3.63) is 71.8 Å². The lowest BCUT2D eigenvalue weighted by molar-refractivity contribution is -0.147. The average molecular weight is 669 g/mol. The lowest BCUT2D eigenvalue weighted by Gasteiger charge is -2.35. The van der Waals surface area contributed by atoms with Crippen LogP contribution >= 0.6 is 0 Å². The van der Waals surface area contributed by atoms with Crippen LogP contribution in [0, 0.1) is 5.92 Å². The Morgan fingerprint density at radius 2 is 1.46 bits per heavy atom. The average Bonchev–Trinajstić information content (AvgIpc) is 3.06. The van der Waals surface area contributed by atoms with E-state index in [0.29, 0.717) is 32.4 Å². The van der Waals surface area contributed by atoms with Crippen LogP contribution in [-0.2, 0) is 41.8 Å². The monoisotopic (exact) mass is 668 g/mol. The maximum Gasteiger partial charge on any atom is 0.429 e. The fourth-order valence-corrected chi connectivity index (χ4v) is 4.73. The zero-order valence-corrected chi connectivity index (χ0v) is 28.3. The summed E-state index contributed by atoms with van der Waals surface area (Å²) in [6, 6.07) is 17.0. The molecule has 48 heavy (non-hydrogen) atoms. The number of ether oxygens (including phenoxy) is 4. The Balaban J connectivity index is 1.64. The van der Waals surface area contributed by atoms with Crippen LogP contribution in [0.25, 0.3) is 0 Å². The van der Waals surface area contributed by atoms with Crippen LogP contribution in [0.15, 0.2) is 60.7 Å². The smallest absolute Gasteiger partial charge is 0.429 e. The molecule has 1 aliphatic rings. The predicted octanol–water partition coefficient (Wildman–Crippen LogP) is 5.33. The van der Waals surface area contributed by atoms with Gasteiger partial charge in [-0.2, -0.15) is 0 Å². The molecule has 1 fully saturated rings. The number of amides is 4. The van der Waals surface area contributed by atoms with Crippen molar-refractivity contribution in [1.29, 1.82) is 0 Å². The highest BCUT2D eigenvalue weighted by atomic mass is 16.6. The first-order valence-electron chi connectivity index (χ1n) is 16.3. The van der Waals surface area contributed by atoms with Gasteiger partial charge in [0.25, 0.3) is 5.91 Å². The van der Waals surface area contributed by atoms with Gasteiger partial charge in [-0.1, -0.05) is 74.0 Å². The second-order valence-electron chi connectivity index (χ2n) is 12.6. The number of hydrazine groups is 1. The number of hydrogen-bond donors (Lipinski definition) is 2. The van der Waals surface area contributed by atoms with Gasteiger partial charge in [-0.05, 0) is 57.1 Å². The van der Waals surface area contributed by atoms with Crippen molar-refractivity contribution in [1.82, 2.24) is 20.7 Å². The lowest BCUT2D eigenvalue weighted by Crippen LogP contribution is -2.57. The van der Waals surface area contributed by atoms with Crippen molar-refractivity contribution in [3.8, 4) is 0 Å². The van der Waals surface area contributed by atoms with Crippen LogP contribution in [-0.4, -0.2) is 77.9 Å². The molecule has 3 rings (SSSR count). The molecule has 0 bridgehead atoms. The molecule has 0 aromatic heterocycles. The van der Waals surface area contributed by atoms with E-state index in [9.17, 15) is 24.0 Å². The summed E-state index contributed by atoms with van der Waals surface area (Å²) in [7, 11) is 0. The molecule has 13 heteroatoms. The van der Waals surface area contributed by atoms with Crippen LogP contribution in [0.1, 0.15) is 70.9 Å². The Hall–Kier alpha value is -4.81. The maximum absolute atomic E-state index is 13.6. The van der Waals surface area contributed by atoms with Gasteiger partial charge in [0.2, 0.25) is 0 Å². The number of hydrogen-bond acceptors (Lipinski definition) is 9. The predicted molar refractivity (Wildman–Crippen MR) is 176 cm³/mol. The van der Waals surface area contributed by atoms with E-state index in [1.165, 1.54) is 0 Å². The molecule has 262 valence electrons. The molecule has 1 atom stereocenters. The molecule has 1 aliphatic heterocycles. The minimum absolute atomic E-state index is 0.0164. The fourth-order valence-electron chi connectivity index (χ4n) is 4.73. The summed E-state index contributed by atoms with van der Waals surface area (Å²) in [6.07, 6.45) is -0.131. The maximum atomic E-state index is 13.6. The van der Waals surface area contributed by atoms with Gasteiger partial charge in [-0.15, -0.1) is 0 Å². The molecular weight excluding hydrogens is 620 g/mol. The van der Waals surface area contributed by atoms with E-state index in [1.54, 1.807) is 49.9 Å². The molecule has 0 saturated carbocycles. The minimum Gasteiger partial charge on any atom is -0.461 e. The highest BCUT2D eigenvalue weighted by molar-refractivity contribution is 5.90. The molecule has 2 aromatic carbocycles. The van der Waals surface area contributed by atoms with Gasteiger partial charge in [0.05, 0.1) is 13.0 Å². The summed E-state index contributed by atoms with van der Waals surface area (Å²) in [5, 5.41) is 3.48. The van der Waals surface area contributed by atoms with Crippen molar-refractivity contribution >= 4 is 30.2 Å². The van der Waals surface area contributed by atoms with Crippen LogP contribution < -0.4 is 10.7 Å². The normalized spacial score (nSPS) is 13.9. The number of carbonyl (C=O) groups excluding carboxylic acids is 5. The van der Waals surface area contributed by atoms with Gasteiger partial charge in [0, 0.05) is 19.6 Å². The first kappa shape index (κ1) is 37.6. The molecule has 13 nitrogen and oxygen atoms in total. The van der Waals surface area contributed by atoms with E-state index in [2.05, 4.69) is 10.7 Å². The molecule has 2 aromatic rings. The van der Waals surface area contributed by atoms with Crippen molar-refractivity contribution in [3.63, 3.8) is 0 Å². The number of likely N-dealkylation sites (tertiary alicyclic amines) is 1. The number of carbonyl (C=O) groups is 5. The third-order valence-electron chi connectivity index (χ3n) is 7.33. The minimum atomic E-state index is -1.41. The topological polar surface area (TPSA) is 153 Å². The van der Waals surface area contributed by atoms with E-state index in [-0.39, 0.29) is 32.3 Å². The number of unbranched alkanes of at least 4 members (excludes halogenated alkanes) is 1. The molecule has 0 unspecified atom stereocenters. The zero-order valence-electron chi connectivity index (χ0n) is 28.3. The standard InChI is InChI=1S/C35H48N4O9/c1-5-6-21-45-32(42)36-29(22-30(40)46-24-27-13-9-7-10-14-27)31(41)37-39(34(44)48-35(2,3)4)23-26-17-19-38(20-18-26)33(43)47-25-28-15-11-8-12-16-28/h7-16,26,29H,5-6,17-25H2,1-4H3,(H,36,42)(H,37,41)/t29-/m0/s1. The van der Waals surface area contributed by atoms with Crippen LogP contribution in [0.5, 0.6) is 0 Å². The van der Waals surface area contributed by atoms with Crippen LogP contribution in [0.3, 0.4) is 0 Å². The summed E-state index contributed by atoms with van der Waals surface area (Å²) in [4.78, 5) is 66.4. The molecule has 1 heterocycles. The largest absolute Gasteiger partial charge is 0.461 e. The van der Waals surface area contributed by atoms with Crippen LogP contribution in [0.2, 0.25) is 0 Å². The SMILES string of the molecule is CCCCOC(=O)N[C@@H](CC(=O)OCc1ccccc1)C(=O)NN(CC1CCN(C(=O)OCc2ccccc2)CC1)C(=O)OC(C)(C)C. The van der Waals surface area contributed by atoms with Gasteiger partial charge in [-0.25, -0.2) is 19.4 Å². The van der Waals surface area contributed by atoms with Gasteiger partial charge in [0.15, 0.2) is 0 Å². The Bertz CT molecular complexity index is 1330. The summed E-state index contributed by atoms with van der Waals surface area (Å²) in [5.74, 6) is -1.66. The molecule has 4 amide bonds. The Morgan fingerprint density at radius 1 is 0.875 bits per heavy atom. The van der Waals surface area contributed by atoms with E-state index >= 15 is 0 Å².